The normalized spacial score (nSPS) is 26.2. The topological polar surface area (TPSA) is 44.0 Å². The quantitative estimate of drug-likeness (QED) is 0.867. The van der Waals surface area contributed by atoms with Crippen LogP contribution in [0.3, 0.4) is 0 Å². The van der Waals surface area contributed by atoms with Crippen LogP contribution in [0.25, 0.3) is 0 Å². The molecule has 2 heteroatoms. The number of rotatable bonds is 2. The highest BCUT2D eigenvalue weighted by Gasteiger charge is 2.50. The molecule has 0 aromatic heterocycles. The van der Waals surface area contributed by atoms with E-state index in [2.05, 4.69) is 18.2 Å². The van der Waals surface area contributed by atoms with Crippen LogP contribution in [0.2, 0.25) is 0 Å². The summed E-state index contributed by atoms with van der Waals surface area (Å²) in [6, 6.07) is 10.7. The minimum atomic E-state index is -0.949. The molecule has 2 unspecified atom stereocenters. The lowest BCUT2D eigenvalue weighted by Gasteiger charge is -2.45. The van der Waals surface area contributed by atoms with Crippen LogP contribution in [0.4, 0.5) is 0 Å². The summed E-state index contributed by atoms with van der Waals surface area (Å²) in [5.74, 6) is 0.0717. The second-order valence-electron chi connectivity index (χ2n) is 5.94. The number of nitriles is 1. The fourth-order valence-electron chi connectivity index (χ4n) is 2.93. The van der Waals surface area contributed by atoms with Crippen LogP contribution in [-0.4, -0.2) is 10.7 Å². The fourth-order valence-corrected chi connectivity index (χ4v) is 2.93. The summed E-state index contributed by atoms with van der Waals surface area (Å²) in [6.07, 6.45) is 2.28. The Kier molecular flexibility index (Phi) is 3.21. The van der Waals surface area contributed by atoms with Crippen molar-refractivity contribution in [2.75, 3.05) is 0 Å². The third-order valence-electron chi connectivity index (χ3n) is 4.74. The van der Waals surface area contributed by atoms with E-state index in [9.17, 15) is 10.4 Å². The summed E-state index contributed by atoms with van der Waals surface area (Å²) >= 11 is 0. The molecule has 2 nitrogen and oxygen atoms in total. The summed E-state index contributed by atoms with van der Waals surface area (Å²) in [7, 11) is 0. The first-order valence-electron chi connectivity index (χ1n) is 6.63. The third kappa shape index (κ3) is 1.83. The van der Waals surface area contributed by atoms with Crippen LogP contribution in [0.1, 0.15) is 38.3 Å². The standard InChI is InChI=1S/C16H21NO/c1-12(2)15(3,18)16(11-17)9-8-13-6-4-5-7-14(13)10-16/h4-7,12,18H,8-10H2,1-3H3. The molecule has 0 bridgehead atoms. The first-order chi connectivity index (χ1) is 8.43. The molecule has 0 saturated carbocycles. The average Bonchev–Trinajstić information content (AvgIpc) is 2.37. The lowest BCUT2D eigenvalue weighted by Crippen LogP contribution is -2.52. The number of aryl methyl sites for hydroxylation is 1. The zero-order valence-electron chi connectivity index (χ0n) is 11.4. The molecule has 0 fully saturated rings. The molecule has 1 N–H and O–H groups in total. The van der Waals surface area contributed by atoms with Crippen molar-refractivity contribution < 1.29 is 5.11 Å². The first kappa shape index (κ1) is 13.1. The van der Waals surface area contributed by atoms with E-state index in [1.807, 2.05) is 32.9 Å². The largest absolute Gasteiger partial charge is 0.388 e. The van der Waals surface area contributed by atoms with Gasteiger partial charge in [-0.1, -0.05) is 38.1 Å². The van der Waals surface area contributed by atoms with Gasteiger partial charge in [-0.05, 0) is 43.2 Å². The molecule has 18 heavy (non-hydrogen) atoms. The van der Waals surface area contributed by atoms with Crippen molar-refractivity contribution in [3.8, 4) is 6.07 Å². The van der Waals surface area contributed by atoms with Crippen LogP contribution in [0.5, 0.6) is 0 Å². The molecular weight excluding hydrogens is 222 g/mol. The molecule has 2 atom stereocenters. The molecule has 0 amide bonds. The number of benzene rings is 1. The number of hydrogen-bond donors (Lipinski definition) is 1. The van der Waals surface area contributed by atoms with Gasteiger partial charge in [0.15, 0.2) is 0 Å². The van der Waals surface area contributed by atoms with Gasteiger partial charge >= 0.3 is 0 Å². The Hall–Kier alpha value is -1.33. The molecular formula is C16H21NO. The molecule has 1 aromatic rings. The maximum atomic E-state index is 10.8. The van der Waals surface area contributed by atoms with Crippen LogP contribution >= 0.6 is 0 Å². The zero-order valence-corrected chi connectivity index (χ0v) is 11.4. The Morgan fingerprint density at radius 3 is 2.50 bits per heavy atom. The summed E-state index contributed by atoms with van der Waals surface area (Å²) in [6.45, 7) is 5.79. The van der Waals surface area contributed by atoms with Gasteiger partial charge in [0, 0.05) is 0 Å². The van der Waals surface area contributed by atoms with E-state index in [1.165, 1.54) is 11.1 Å². The second-order valence-corrected chi connectivity index (χ2v) is 5.94. The van der Waals surface area contributed by atoms with Crippen LogP contribution in [0.15, 0.2) is 24.3 Å². The zero-order chi connectivity index (χ0) is 13.4. The third-order valence-corrected chi connectivity index (χ3v) is 4.74. The highest BCUT2D eigenvalue weighted by Crippen LogP contribution is 2.46. The van der Waals surface area contributed by atoms with Crippen LogP contribution in [0, 0.1) is 22.7 Å². The highest BCUT2D eigenvalue weighted by molar-refractivity contribution is 5.34. The Labute approximate surface area is 109 Å². The number of hydrogen-bond acceptors (Lipinski definition) is 2. The fraction of sp³-hybridized carbons (Fsp3) is 0.562. The SMILES string of the molecule is CC(C)C(C)(O)C1(C#N)CCc2ccccc2C1. The smallest absolute Gasteiger partial charge is 0.0903 e. The monoisotopic (exact) mass is 243 g/mol. The van der Waals surface area contributed by atoms with Gasteiger partial charge in [-0.15, -0.1) is 0 Å². The summed E-state index contributed by atoms with van der Waals surface area (Å²) < 4.78 is 0. The molecule has 2 rings (SSSR count). The minimum Gasteiger partial charge on any atom is -0.388 e. The van der Waals surface area contributed by atoms with Gasteiger partial charge in [0.25, 0.3) is 0 Å². The van der Waals surface area contributed by atoms with Gasteiger partial charge in [0.05, 0.1) is 17.1 Å². The highest BCUT2D eigenvalue weighted by atomic mass is 16.3. The Morgan fingerprint density at radius 1 is 1.33 bits per heavy atom. The molecule has 1 aliphatic rings. The molecule has 0 saturated heterocycles. The minimum absolute atomic E-state index is 0.0717. The summed E-state index contributed by atoms with van der Waals surface area (Å²) in [5.41, 5.74) is 0.930. The van der Waals surface area contributed by atoms with Crippen LogP contribution < -0.4 is 0 Å². The van der Waals surface area contributed by atoms with Crippen molar-refractivity contribution in [2.45, 2.75) is 45.6 Å². The van der Waals surface area contributed by atoms with Crippen molar-refractivity contribution in [1.82, 2.24) is 0 Å². The van der Waals surface area contributed by atoms with E-state index in [4.69, 9.17) is 0 Å². The van der Waals surface area contributed by atoms with Gasteiger partial charge in [-0.25, -0.2) is 0 Å². The van der Waals surface area contributed by atoms with Gasteiger partial charge in [0.1, 0.15) is 0 Å². The lowest BCUT2D eigenvalue weighted by molar-refractivity contribution is -0.0824. The Bertz CT molecular complexity index is 484. The van der Waals surface area contributed by atoms with Crippen molar-refractivity contribution >= 4 is 0 Å². The second kappa shape index (κ2) is 4.40. The number of fused-ring (bicyclic) bond motifs is 1. The van der Waals surface area contributed by atoms with Gasteiger partial charge in [-0.3, -0.25) is 0 Å². The Balaban J connectivity index is 2.42. The maximum absolute atomic E-state index is 10.8. The van der Waals surface area contributed by atoms with E-state index < -0.39 is 11.0 Å². The summed E-state index contributed by atoms with van der Waals surface area (Å²) in [4.78, 5) is 0. The number of nitrogens with zero attached hydrogens (tertiary/aromatic N) is 1. The predicted molar refractivity (Wildman–Crippen MR) is 72.0 cm³/mol. The molecule has 0 spiro atoms. The average molecular weight is 243 g/mol. The van der Waals surface area contributed by atoms with Gasteiger partial charge < -0.3 is 5.11 Å². The molecule has 1 aliphatic carbocycles. The predicted octanol–water partition coefficient (Wildman–Crippen LogP) is 3.09. The van der Waals surface area contributed by atoms with Crippen LogP contribution in [-0.2, 0) is 12.8 Å². The van der Waals surface area contributed by atoms with E-state index >= 15 is 0 Å². The lowest BCUT2D eigenvalue weighted by atomic mass is 9.60. The Morgan fingerprint density at radius 2 is 1.94 bits per heavy atom. The maximum Gasteiger partial charge on any atom is 0.0903 e. The van der Waals surface area contributed by atoms with Crippen molar-refractivity contribution in [2.24, 2.45) is 11.3 Å². The van der Waals surface area contributed by atoms with E-state index in [-0.39, 0.29) is 5.92 Å². The van der Waals surface area contributed by atoms with E-state index in [0.717, 1.165) is 12.8 Å². The van der Waals surface area contributed by atoms with Crippen molar-refractivity contribution in [3.63, 3.8) is 0 Å². The number of aliphatic hydroxyl groups is 1. The van der Waals surface area contributed by atoms with Gasteiger partial charge in [-0.2, -0.15) is 5.26 Å². The van der Waals surface area contributed by atoms with Crippen molar-refractivity contribution in [3.05, 3.63) is 35.4 Å². The molecule has 0 aliphatic heterocycles. The van der Waals surface area contributed by atoms with Gasteiger partial charge in [0.2, 0.25) is 0 Å². The van der Waals surface area contributed by atoms with E-state index in [1.54, 1.807) is 0 Å². The molecule has 0 radical (unpaired) electrons. The van der Waals surface area contributed by atoms with E-state index in [0.29, 0.717) is 6.42 Å². The summed E-state index contributed by atoms with van der Waals surface area (Å²) in [5, 5.41) is 20.4. The molecule has 1 aromatic carbocycles. The molecule has 96 valence electrons. The molecule has 0 heterocycles. The first-order valence-corrected chi connectivity index (χ1v) is 6.63. The van der Waals surface area contributed by atoms with Crippen molar-refractivity contribution in [1.29, 1.82) is 5.26 Å².